The summed E-state index contributed by atoms with van der Waals surface area (Å²) < 4.78 is 23.7. The molecule has 0 spiro atoms. The first kappa shape index (κ1) is 56.9. The maximum absolute atomic E-state index is 11.7. The van der Waals surface area contributed by atoms with Gasteiger partial charge >= 0.3 is 53.7 Å². The molecule has 19 heteroatoms. The van der Waals surface area contributed by atoms with Gasteiger partial charge in [0.05, 0.1) is 26.3 Å². The van der Waals surface area contributed by atoms with Crippen LogP contribution in [0.25, 0.3) is 0 Å². The Morgan fingerprint density at radius 2 is 1.18 bits per heavy atom. The zero-order chi connectivity index (χ0) is 38.1. The Balaban J connectivity index is -0.000000180. The SMILES string of the molecule is C.CC(=O)OOC(C)=O.CC(C)(C)OC(=O)N1CC(=O)C1.CNCCOC.COCCN(C)C1CN(C(=O)OC(C)(C)C)C1.[B-]OC(C)=O.[Na+]. The summed E-state index contributed by atoms with van der Waals surface area (Å²) in [5.41, 5.74) is -0.889. The molecule has 0 bridgehead atoms. The minimum absolute atomic E-state index is 0. The Bertz CT molecular complexity index is 947. The van der Waals surface area contributed by atoms with Gasteiger partial charge < -0.3 is 41.9 Å². The number of amides is 2. The molecule has 0 aliphatic carbocycles. The van der Waals surface area contributed by atoms with Crippen LogP contribution in [0.4, 0.5) is 9.59 Å². The van der Waals surface area contributed by atoms with Crippen LogP contribution in [0.1, 0.15) is 69.7 Å². The molecule has 3 radical (unpaired) electrons. The smallest absolute Gasteiger partial charge is 0.793 e. The van der Waals surface area contributed by atoms with Gasteiger partial charge in [0.25, 0.3) is 0 Å². The molecular formula is C31H61BN4NaO13. The third-order valence-corrected chi connectivity index (χ3v) is 5.17. The first-order valence-electron chi connectivity index (χ1n) is 15.1. The summed E-state index contributed by atoms with van der Waals surface area (Å²) in [4.78, 5) is 75.5. The normalized spacial score (nSPS) is 13.0. The van der Waals surface area contributed by atoms with Crippen molar-refractivity contribution in [2.75, 3.05) is 80.8 Å². The summed E-state index contributed by atoms with van der Waals surface area (Å²) >= 11 is 0. The molecule has 1 N–H and O–H groups in total. The Kier molecular flexibility index (Phi) is 35.6. The number of ether oxygens (including phenoxy) is 4. The van der Waals surface area contributed by atoms with Crippen LogP contribution in [0.2, 0.25) is 0 Å². The number of carbonyl (C=O) groups is 6. The Morgan fingerprint density at radius 3 is 1.44 bits per heavy atom. The Hall–Kier alpha value is -2.48. The summed E-state index contributed by atoms with van der Waals surface area (Å²) in [7, 11) is 11.7. The molecular weight excluding hydrogens is 670 g/mol. The fourth-order valence-corrected chi connectivity index (χ4v) is 2.78. The third kappa shape index (κ3) is 36.8. The van der Waals surface area contributed by atoms with Crippen molar-refractivity contribution in [2.45, 2.75) is 87.0 Å². The van der Waals surface area contributed by atoms with Crippen LogP contribution < -0.4 is 34.9 Å². The van der Waals surface area contributed by atoms with Gasteiger partial charge in [0.1, 0.15) is 11.2 Å². The van der Waals surface area contributed by atoms with E-state index >= 15 is 0 Å². The Morgan fingerprint density at radius 1 is 0.800 bits per heavy atom. The van der Waals surface area contributed by atoms with Gasteiger partial charge in [-0.05, 0) is 55.6 Å². The molecule has 2 rings (SSSR count). The quantitative estimate of drug-likeness (QED) is 0.147. The van der Waals surface area contributed by atoms with Gasteiger partial charge in [-0.15, -0.1) is 0 Å². The van der Waals surface area contributed by atoms with Gasteiger partial charge in [0.15, 0.2) is 5.78 Å². The van der Waals surface area contributed by atoms with E-state index in [2.05, 4.69) is 39.7 Å². The van der Waals surface area contributed by atoms with Crippen molar-refractivity contribution in [1.29, 1.82) is 0 Å². The molecule has 2 fully saturated rings. The summed E-state index contributed by atoms with van der Waals surface area (Å²) in [5.74, 6) is -1.66. The van der Waals surface area contributed by atoms with Gasteiger partial charge in [-0.3, -0.25) is 19.4 Å². The Labute approximate surface area is 322 Å². The second-order valence-corrected chi connectivity index (χ2v) is 12.2. The van der Waals surface area contributed by atoms with E-state index in [-0.39, 0.29) is 61.9 Å². The number of carbonyl (C=O) groups excluding carboxylic acids is 6. The minimum atomic E-state index is -0.639. The largest absolute Gasteiger partial charge is 1.00 e. The van der Waals surface area contributed by atoms with Crippen LogP contribution in [-0.2, 0) is 52.6 Å². The van der Waals surface area contributed by atoms with Crippen molar-refractivity contribution < 1.29 is 91.7 Å². The van der Waals surface area contributed by atoms with Crippen molar-refractivity contribution >= 4 is 43.9 Å². The molecule has 2 heterocycles. The number of rotatable bonds is 7. The molecule has 0 atom stereocenters. The van der Waals surface area contributed by atoms with E-state index in [0.717, 1.165) is 53.2 Å². The number of Topliss-reactive ketones (excluding diaryl/α,β-unsaturated/α-hetero) is 1. The maximum Gasteiger partial charge on any atom is 1.00 e. The number of likely N-dealkylation sites (N-methyl/N-ethyl adjacent to an activating group) is 2. The fraction of sp³-hybridized carbons (Fsp3) is 0.806. The first-order chi connectivity index (χ1) is 22.0. The zero-order valence-corrected chi connectivity index (χ0v) is 34.0. The third-order valence-electron chi connectivity index (χ3n) is 5.17. The standard InChI is InChI=1S/C12H24N2O3.C8H13NO3.C4H11NO.C4H6O4.C2H3BO2.CH4.Na/c1-12(2,3)17-11(15)14-8-10(9-14)13(4)6-7-16-5;1-8(2,3)12-7(11)9-4-6(10)5-9;1-5-3-4-6-2;1-3(5)7-8-4(2)6;1-2(4)5-3;;/h10H,6-9H2,1-5H3;4-5H2,1-3H3;5H,3-4H2,1-2H3;1-2H3;1H3;1H4;/q;;;;-1;;+1. The maximum atomic E-state index is 11.7. The second-order valence-electron chi connectivity index (χ2n) is 12.2. The van der Waals surface area contributed by atoms with E-state index in [1.165, 1.54) is 11.8 Å². The van der Waals surface area contributed by atoms with Crippen LogP contribution in [0.5, 0.6) is 0 Å². The molecule has 0 unspecified atom stereocenters. The van der Waals surface area contributed by atoms with E-state index < -0.39 is 35.2 Å². The zero-order valence-electron chi connectivity index (χ0n) is 32.0. The number of nitrogens with zero attached hydrogens (tertiary/aromatic N) is 3. The topological polar surface area (TPSA) is 189 Å². The minimum Gasteiger partial charge on any atom is -0.793 e. The molecule has 0 aromatic carbocycles. The van der Waals surface area contributed by atoms with E-state index in [1.54, 1.807) is 39.9 Å². The average molecular weight is 732 g/mol. The van der Waals surface area contributed by atoms with E-state index in [0.29, 0.717) is 6.04 Å². The molecule has 2 amide bonds. The molecule has 0 saturated carbocycles. The van der Waals surface area contributed by atoms with Crippen molar-refractivity contribution in [3.63, 3.8) is 0 Å². The van der Waals surface area contributed by atoms with Crippen LogP contribution in [0.15, 0.2) is 0 Å². The van der Waals surface area contributed by atoms with Crippen molar-refractivity contribution in [1.82, 2.24) is 20.0 Å². The summed E-state index contributed by atoms with van der Waals surface area (Å²) in [6.07, 6.45) is -0.615. The number of methoxy groups -OCH3 is 2. The molecule has 287 valence electrons. The molecule has 2 aliphatic rings. The van der Waals surface area contributed by atoms with E-state index in [9.17, 15) is 28.8 Å². The fourth-order valence-electron chi connectivity index (χ4n) is 2.78. The van der Waals surface area contributed by atoms with Crippen LogP contribution in [0, 0.1) is 0 Å². The summed E-state index contributed by atoms with van der Waals surface area (Å²) in [6.45, 7) is 19.8. The molecule has 17 nitrogen and oxygen atoms in total. The van der Waals surface area contributed by atoms with E-state index in [4.69, 9.17) is 18.9 Å². The summed E-state index contributed by atoms with van der Waals surface area (Å²) in [6, 6.07) is 0.428. The van der Waals surface area contributed by atoms with Gasteiger partial charge in [0, 0.05) is 67.2 Å². The summed E-state index contributed by atoms with van der Waals surface area (Å²) in [5, 5.41) is 2.94. The van der Waals surface area contributed by atoms with Gasteiger partial charge in [-0.25, -0.2) is 29.0 Å². The molecule has 0 aromatic rings. The first-order valence-corrected chi connectivity index (χ1v) is 15.1. The second kappa shape index (κ2) is 31.3. The molecule has 2 aliphatic heterocycles. The van der Waals surface area contributed by atoms with E-state index in [1.807, 2.05) is 27.8 Å². The van der Waals surface area contributed by atoms with Gasteiger partial charge in [-0.2, -0.15) is 0 Å². The van der Waals surface area contributed by atoms with Crippen LogP contribution >= 0.6 is 0 Å². The molecule has 0 aromatic heterocycles. The van der Waals surface area contributed by atoms with Gasteiger partial charge in [-0.1, -0.05) is 7.43 Å². The van der Waals surface area contributed by atoms with Crippen molar-refractivity contribution in [3.8, 4) is 0 Å². The monoisotopic (exact) mass is 731 g/mol. The molecule has 50 heavy (non-hydrogen) atoms. The van der Waals surface area contributed by atoms with Crippen LogP contribution in [0.3, 0.4) is 0 Å². The number of ketones is 1. The average Bonchev–Trinajstić information content (AvgIpc) is 2.90. The number of nitrogens with one attached hydrogen (secondary N) is 1. The number of hydrogen-bond acceptors (Lipinski definition) is 15. The molecule has 2 saturated heterocycles. The number of hydrogen-bond donors (Lipinski definition) is 1. The van der Waals surface area contributed by atoms with Crippen molar-refractivity contribution in [2.24, 2.45) is 0 Å². The van der Waals surface area contributed by atoms with Crippen LogP contribution in [-0.4, -0.2) is 157 Å². The predicted molar refractivity (Wildman–Crippen MR) is 183 cm³/mol. The predicted octanol–water partition coefficient (Wildman–Crippen LogP) is -0.857. The van der Waals surface area contributed by atoms with Gasteiger partial charge in [0.2, 0.25) is 5.97 Å². The van der Waals surface area contributed by atoms with Crippen molar-refractivity contribution in [3.05, 3.63) is 0 Å². The number of likely N-dealkylation sites (tertiary alicyclic amines) is 2.